The lowest BCUT2D eigenvalue weighted by molar-refractivity contribution is 0.978. The van der Waals surface area contributed by atoms with Gasteiger partial charge in [-0.3, -0.25) is 9.97 Å². The third-order valence-corrected chi connectivity index (χ3v) is 6.47. The zero-order valence-electron chi connectivity index (χ0n) is 15.8. The van der Waals surface area contributed by atoms with Crippen molar-refractivity contribution in [2.45, 2.75) is 18.1 Å². The molecule has 2 aromatic heterocycles. The summed E-state index contributed by atoms with van der Waals surface area (Å²) in [5, 5.41) is 10.5. The molecule has 5 heteroatoms. The van der Waals surface area contributed by atoms with Gasteiger partial charge in [0.1, 0.15) is 0 Å². The van der Waals surface area contributed by atoms with Gasteiger partial charge < -0.3 is 4.72 Å². The summed E-state index contributed by atoms with van der Waals surface area (Å²) in [4.78, 5) is 8.89. The Kier molecular flexibility index (Phi) is 4.42. The van der Waals surface area contributed by atoms with Crippen LogP contribution in [0.4, 0.5) is 5.69 Å². The molecule has 0 saturated carbocycles. The highest BCUT2D eigenvalue weighted by molar-refractivity contribution is 8.01. The second-order valence-electron chi connectivity index (χ2n) is 7.18. The summed E-state index contributed by atoms with van der Waals surface area (Å²) in [7, 11) is 0. The maximum Gasteiger partial charge on any atom is 0.0772 e. The molecule has 0 aliphatic carbocycles. The highest BCUT2D eigenvalue weighted by Crippen LogP contribution is 2.49. The van der Waals surface area contributed by atoms with Crippen LogP contribution in [0.3, 0.4) is 0 Å². The molecule has 0 amide bonds. The predicted octanol–water partition coefficient (Wildman–Crippen LogP) is 6.09. The lowest BCUT2D eigenvalue weighted by Crippen LogP contribution is -1.96. The molecule has 1 N–H and O–H groups in total. The van der Waals surface area contributed by atoms with Crippen LogP contribution >= 0.6 is 11.9 Å². The van der Waals surface area contributed by atoms with E-state index in [1.807, 2.05) is 25.4 Å². The number of nitrogens with zero attached hydrogens (tertiary/aromatic N) is 3. The minimum Gasteiger partial charge on any atom is -0.327 e. The van der Waals surface area contributed by atoms with E-state index in [2.05, 4.69) is 69.3 Å². The number of nitrogens with one attached hydrogen (secondary N) is 1. The molecule has 0 radical (unpaired) electrons. The van der Waals surface area contributed by atoms with Crippen molar-refractivity contribution in [3.63, 3.8) is 0 Å². The fourth-order valence-electron chi connectivity index (χ4n) is 3.74. The summed E-state index contributed by atoms with van der Waals surface area (Å²) in [6, 6.07) is 21.1. The van der Waals surface area contributed by atoms with Crippen LogP contribution in [0, 0.1) is 11.3 Å². The summed E-state index contributed by atoms with van der Waals surface area (Å²) < 4.78 is 3.44. The Bertz CT molecular complexity index is 1230. The molecule has 4 nitrogen and oxygen atoms in total. The normalized spacial score (nSPS) is 16.1. The van der Waals surface area contributed by atoms with Gasteiger partial charge in [0.25, 0.3) is 0 Å². The molecule has 1 aliphatic rings. The number of pyridine rings is 2. The highest BCUT2D eigenvalue weighted by Gasteiger charge is 2.28. The van der Waals surface area contributed by atoms with Gasteiger partial charge in [0.15, 0.2) is 0 Å². The van der Waals surface area contributed by atoms with Gasteiger partial charge in [0, 0.05) is 28.9 Å². The van der Waals surface area contributed by atoms with Crippen molar-refractivity contribution in [2.24, 2.45) is 0 Å². The van der Waals surface area contributed by atoms with E-state index in [9.17, 15) is 0 Å². The first kappa shape index (κ1) is 17.7. The third-order valence-electron chi connectivity index (χ3n) is 5.39. The smallest absolute Gasteiger partial charge is 0.0772 e. The summed E-state index contributed by atoms with van der Waals surface area (Å²) in [5.41, 5.74) is 7.80. The average molecular weight is 395 g/mol. The summed E-state index contributed by atoms with van der Waals surface area (Å²) in [5.74, 6) is -0.0993. The summed E-state index contributed by atoms with van der Waals surface area (Å²) in [6.45, 7) is 1.93. The van der Waals surface area contributed by atoms with Crippen molar-refractivity contribution in [1.82, 2.24) is 9.97 Å². The Labute approximate surface area is 173 Å². The number of hydrogen-bond acceptors (Lipinski definition) is 5. The third kappa shape index (κ3) is 3.12. The fraction of sp³-hybridized carbons (Fsp3) is 0.125. The van der Waals surface area contributed by atoms with Gasteiger partial charge in [-0.2, -0.15) is 5.26 Å². The molecule has 140 valence electrons. The topological polar surface area (TPSA) is 61.6 Å². The molecule has 4 aromatic rings. The number of fused-ring (bicyclic) bond motifs is 3. The predicted molar refractivity (Wildman–Crippen MR) is 119 cm³/mol. The molecule has 0 fully saturated rings. The van der Waals surface area contributed by atoms with Crippen LogP contribution < -0.4 is 4.72 Å². The quantitative estimate of drug-likeness (QED) is 0.426. The summed E-state index contributed by atoms with van der Waals surface area (Å²) >= 11 is 1.69. The van der Waals surface area contributed by atoms with Gasteiger partial charge in [-0.1, -0.05) is 36.4 Å². The highest BCUT2D eigenvalue weighted by atomic mass is 32.2. The largest absolute Gasteiger partial charge is 0.327 e. The molecular weight excluding hydrogens is 376 g/mol. The minimum absolute atomic E-state index is 0.0993. The maximum absolute atomic E-state index is 9.16. The number of nitriles is 1. The molecule has 1 aliphatic heterocycles. The van der Waals surface area contributed by atoms with E-state index >= 15 is 0 Å². The van der Waals surface area contributed by atoms with Gasteiger partial charge >= 0.3 is 0 Å². The van der Waals surface area contributed by atoms with Crippen LogP contribution in [0.2, 0.25) is 0 Å². The van der Waals surface area contributed by atoms with Crippen molar-refractivity contribution < 1.29 is 0 Å². The molecule has 3 heterocycles. The zero-order valence-corrected chi connectivity index (χ0v) is 16.6. The summed E-state index contributed by atoms with van der Waals surface area (Å²) in [6.07, 6.45) is 5.59. The minimum atomic E-state index is -0.0993. The Morgan fingerprint density at radius 2 is 1.93 bits per heavy atom. The molecule has 0 bridgehead atoms. The van der Waals surface area contributed by atoms with E-state index in [1.165, 1.54) is 11.1 Å². The number of anilines is 1. The fourth-order valence-corrected chi connectivity index (χ4v) is 4.81. The van der Waals surface area contributed by atoms with Gasteiger partial charge in [-0.15, -0.1) is 0 Å². The van der Waals surface area contributed by atoms with Crippen LogP contribution in [-0.2, 0) is 0 Å². The molecule has 5 rings (SSSR count). The average Bonchev–Trinajstić information content (AvgIpc) is 3.23. The lowest BCUT2D eigenvalue weighted by atomic mass is 9.95. The SMILES string of the molecule is CC(C#N)c1ccc(C2SNc3cnc4ccc(-c5cccnc5)cc4c32)cc1. The monoisotopic (exact) mass is 394 g/mol. The van der Waals surface area contributed by atoms with Crippen molar-refractivity contribution in [3.8, 4) is 17.2 Å². The number of hydrogen-bond donors (Lipinski definition) is 1. The number of rotatable bonds is 3. The Morgan fingerprint density at radius 3 is 2.69 bits per heavy atom. The Balaban J connectivity index is 1.62. The second kappa shape index (κ2) is 7.23. The zero-order chi connectivity index (χ0) is 19.8. The van der Waals surface area contributed by atoms with Gasteiger partial charge in [-0.25, -0.2) is 0 Å². The van der Waals surface area contributed by atoms with Crippen LogP contribution in [-0.4, -0.2) is 9.97 Å². The first-order chi connectivity index (χ1) is 14.2. The van der Waals surface area contributed by atoms with E-state index in [0.29, 0.717) is 0 Å². The molecule has 29 heavy (non-hydrogen) atoms. The van der Waals surface area contributed by atoms with E-state index < -0.39 is 0 Å². The van der Waals surface area contributed by atoms with Crippen LogP contribution in [0.25, 0.3) is 22.0 Å². The molecule has 2 atom stereocenters. The van der Waals surface area contributed by atoms with Crippen molar-refractivity contribution in [3.05, 3.63) is 89.9 Å². The molecule has 0 spiro atoms. The van der Waals surface area contributed by atoms with Crippen molar-refractivity contribution >= 4 is 28.5 Å². The Hall–Kier alpha value is -3.36. The van der Waals surface area contributed by atoms with Gasteiger partial charge in [0.05, 0.1) is 34.6 Å². The van der Waals surface area contributed by atoms with Gasteiger partial charge in [0.2, 0.25) is 0 Å². The standard InChI is InChI=1S/C24H18N4S/c1-15(12-25)16-4-6-17(7-5-16)24-23-20-11-18(19-3-2-10-26-13-19)8-9-21(20)27-14-22(23)28-29-24/h2-11,13-15,24,28H,1H3. The molecule has 0 saturated heterocycles. The first-order valence-electron chi connectivity index (χ1n) is 9.49. The van der Waals surface area contributed by atoms with Crippen LogP contribution in [0.5, 0.6) is 0 Å². The molecular formula is C24H18N4S. The van der Waals surface area contributed by atoms with E-state index in [-0.39, 0.29) is 11.2 Å². The lowest BCUT2D eigenvalue weighted by Gasteiger charge is -2.14. The molecule has 2 unspecified atom stereocenters. The van der Waals surface area contributed by atoms with Crippen LogP contribution in [0.1, 0.15) is 34.8 Å². The van der Waals surface area contributed by atoms with E-state index in [4.69, 9.17) is 5.26 Å². The van der Waals surface area contributed by atoms with Crippen LogP contribution in [0.15, 0.2) is 73.2 Å². The van der Waals surface area contributed by atoms with Crippen molar-refractivity contribution in [2.75, 3.05) is 4.72 Å². The first-order valence-corrected chi connectivity index (χ1v) is 10.4. The maximum atomic E-state index is 9.16. The van der Waals surface area contributed by atoms with Gasteiger partial charge in [-0.05, 0) is 53.8 Å². The van der Waals surface area contributed by atoms with E-state index in [1.54, 1.807) is 18.1 Å². The number of aromatic nitrogens is 2. The van der Waals surface area contributed by atoms with Crippen molar-refractivity contribution in [1.29, 1.82) is 5.26 Å². The Morgan fingerprint density at radius 1 is 1.07 bits per heavy atom. The number of benzene rings is 2. The van der Waals surface area contributed by atoms with E-state index in [0.717, 1.165) is 33.3 Å². The molecule has 2 aromatic carbocycles. The second-order valence-corrected chi connectivity index (χ2v) is 8.09.